The van der Waals surface area contributed by atoms with Crippen molar-refractivity contribution in [3.05, 3.63) is 35.4 Å². The molecule has 0 bridgehead atoms. The van der Waals surface area contributed by atoms with Crippen molar-refractivity contribution in [3.8, 4) is 0 Å². The molecule has 0 unspecified atom stereocenters. The maximum Gasteiger partial charge on any atom is 0.282 e. The molecule has 0 radical (unpaired) electrons. The van der Waals surface area contributed by atoms with Gasteiger partial charge in [0, 0.05) is 38.3 Å². The molecule has 1 fully saturated rings. The van der Waals surface area contributed by atoms with Gasteiger partial charge >= 0.3 is 0 Å². The van der Waals surface area contributed by atoms with Gasteiger partial charge < -0.3 is 5.32 Å². The van der Waals surface area contributed by atoms with Gasteiger partial charge in [0.1, 0.15) is 0 Å². The van der Waals surface area contributed by atoms with E-state index in [2.05, 4.69) is 11.4 Å². The number of nitrogens with one attached hydrogen (secondary N) is 1. The standard InChI is InChI=1S/C15H23N3O2S/c1-15(2)12-16-8-10-18(15)21(19,20)17-9-7-13-5-3-4-6-14(13)11-17/h3-6,16H,7-12H2,1-2H3. The number of hydrogen-bond acceptors (Lipinski definition) is 3. The monoisotopic (exact) mass is 309 g/mol. The molecule has 0 aliphatic carbocycles. The first-order chi connectivity index (χ1) is 9.91. The predicted molar refractivity (Wildman–Crippen MR) is 83.1 cm³/mol. The summed E-state index contributed by atoms with van der Waals surface area (Å²) in [6.07, 6.45) is 0.794. The average molecular weight is 309 g/mol. The van der Waals surface area contributed by atoms with Crippen LogP contribution in [0.3, 0.4) is 0 Å². The first kappa shape index (κ1) is 15.0. The second-order valence-electron chi connectivity index (χ2n) is 6.42. The zero-order chi connectivity index (χ0) is 15.1. The van der Waals surface area contributed by atoms with E-state index in [9.17, 15) is 8.42 Å². The fraction of sp³-hybridized carbons (Fsp3) is 0.600. The molecule has 2 aliphatic heterocycles. The minimum absolute atomic E-state index is 0.381. The molecular weight excluding hydrogens is 286 g/mol. The van der Waals surface area contributed by atoms with Crippen LogP contribution < -0.4 is 5.32 Å². The van der Waals surface area contributed by atoms with Crippen LogP contribution in [0.2, 0.25) is 0 Å². The Hall–Kier alpha value is -0.950. The number of benzene rings is 1. The largest absolute Gasteiger partial charge is 0.314 e. The maximum atomic E-state index is 13.0. The molecule has 2 aliphatic rings. The van der Waals surface area contributed by atoms with Crippen LogP contribution in [0.5, 0.6) is 0 Å². The summed E-state index contributed by atoms with van der Waals surface area (Å²) in [4.78, 5) is 0. The summed E-state index contributed by atoms with van der Waals surface area (Å²) >= 11 is 0. The summed E-state index contributed by atoms with van der Waals surface area (Å²) in [5.41, 5.74) is 2.01. The number of nitrogens with zero attached hydrogens (tertiary/aromatic N) is 2. The lowest BCUT2D eigenvalue weighted by atomic mass is 10.0. The topological polar surface area (TPSA) is 52.7 Å². The van der Waals surface area contributed by atoms with Gasteiger partial charge in [-0.2, -0.15) is 17.0 Å². The van der Waals surface area contributed by atoms with E-state index < -0.39 is 10.2 Å². The van der Waals surface area contributed by atoms with Crippen LogP contribution in [0.4, 0.5) is 0 Å². The highest BCUT2D eigenvalue weighted by molar-refractivity contribution is 7.86. The van der Waals surface area contributed by atoms with Gasteiger partial charge in [0.15, 0.2) is 0 Å². The summed E-state index contributed by atoms with van der Waals surface area (Å²) in [5.74, 6) is 0. The van der Waals surface area contributed by atoms with Crippen LogP contribution in [0.15, 0.2) is 24.3 Å². The fourth-order valence-electron chi connectivity index (χ4n) is 3.20. The van der Waals surface area contributed by atoms with E-state index in [4.69, 9.17) is 0 Å². The summed E-state index contributed by atoms with van der Waals surface area (Å²) in [6, 6.07) is 8.11. The summed E-state index contributed by atoms with van der Waals surface area (Å²) in [5, 5.41) is 3.27. The Labute approximate surface area is 127 Å². The average Bonchev–Trinajstić information content (AvgIpc) is 2.46. The molecule has 0 aromatic heterocycles. The molecule has 0 atom stereocenters. The van der Waals surface area contributed by atoms with Gasteiger partial charge in [-0.25, -0.2) is 0 Å². The van der Waals surface area contributed by atoms with Gasteiger partial charge in [0.25, 0.3) is 10.2 Å². The Morgan fingerprint density at radius 1 is 1.14 bits per heavy atom. The molecule has 21 heavy (non-hydrogen) atoms. The third-order valence-electron chi connectivity index (χ3n) is 4.42. The maximum absolute atomic E-state index is 13.0. The molecule has 2 heterocycles. The zero-order valence-electron chi connectivity index (χ0n) is 12.7. The third kappa shape index (κ3) is 2.73. The highest BCUT2D eigenvalue weighted by Crippen LogP contribution is 2.27. The van der Waals surface area contributed by atoms with Crippen LogP contribution in [0, 0.1) is 0 Å². The second-order valence-corrected chi connectivity index (χ2v) is 8.27. The van der Waals surface area contributed by atoms with E-state index in [0.717, 1.165) is 12.0 Å². The summed E-state index contributed by atoms with van der Waals surface area (Å²) in [7, 11) is -3.41. The van der Waals surface area contributed by atoms with Crippen molar-refractivity contribution in [3.63, 3.8) is 0 Å². The Kier molecular flexibility index (Phi) is 3.81. The zero-order valence-corrected chi connectivity index (χ0v) is 13.5. The van der Waals surface area contributed by atoms with E-state index in [0.29, 0.717) is 32.7 Å². The van der Waals surface area contributed by atoms with Crippen LogP contribution in [0.1, 0.15) is 25.0 Å². The second kappa shape index (κ2) is 5.35. The van der Waals surface area contributed by atoms with Crippen LogP contribution in [-0.4, -0.2) is 48.7 Å². The normalized spacial score (nSPS) is 23.7. The van der Waals surface area contributed by atoms with E-state index >= 15 is 0 Å². The number of fused-ring (bicyclic) bond motifs is 1. The number of piperazine rings is 1. The van der Waals surface area contributed by atoms with Gasteiger partial charge in [0.05, 0.1) is 0 Å². The van der Waals surface area contributed by atoms with Crippen molar-refractivity contribution in [1.82, 2.24) is 13.9 Å². The van der Waals surface area contributed by atoms with Crippen molar-refractivity contribution in [2.24, 2.45) is 0 Å². The Morgan fingerprint density at radius 3 is 2.57 bits per heavy atom. The summed E-state index contributed by atoms with van der Waals surface area (Å²) < 4.78 is 29.3. The predicted octanol–water partition coefficient (Wildman–Crippen LogP) is 0.973. The van der Waals surface area contributed by atoms with Crippen molar-refractivity contribution < 1.29 is 8.42 Å². The number of rotatable bonds is 2. The van der Waals surface area contributed by atoms with E-state index in [1.54, 1.807) is 8.61 Å². The SMILES string of the molecule is CC1(C)CNCCN1S(=O)(=O)N1CCc2ccccc2C1. The molecule has 0 saturated carbocycles. The Morgan fingerprint density at radius 2 is 1.86 bits per heavy atom. The molecule has 116 valence electrons. The first-order valence-electron chi connectivity index (χ1n) is 7.47. The molecule has 3 rings (SSSR count). The van der Waals surface area contributed by atoms with Crippen LogP contribution >= 0.6 is 0 Å². The Bertz CT molecular complexity index is 628. The van der Waals surface area contributed by atoms with E-state index in [1.807, 2.05) is 32.0 Å². The van der Waals surface area contributed by atoms with Crippen molar-refractivity contribution in [2.45, 2.75) is 32.4 Å². The molecule has 0 amide bonds. The van der Waals surface area contributed by atoms with Crippen molar-refractivity contribution in [2.75, 3.05) is 26.2 Å². The smallest absolute Gasteiger partial charge is 0.282 e. The van der Waals surface area contributed by atoms with Gasteiger partial charge in [-0.05, 0) is 31.4 Å². The molecule has 1 aromatic carbocycles. The van der Waals surface area contributed by atoms with Crippen LogP contribution in [0.25, 0.3) is 0 Å². The highest BCUT2D eigenvalue weighted by atomic mass is 32.2. The molecular formula is C15H23N3O2S. The molecule has 0 spiro atoms. The molecule has 5 nitrogen and oxygen atoms in total. The molecule has 6 heteroatoms. The van der Waals surface area contributed by atoms with Gasteiger partial charge in [-0.15, -0.1) is 0 Å². The van der Waals surface area contributed by atoms with Gasteiger partial charge in [-0.1, -0.05) is 24.3 Å². The lowest BCUT2D eigenvalue weighted by molar-refractivity contribution is 0.170. The van der Waals surface area contributed by atoms with E-state index in [1.165, 1.54) is 5.56 Å². The first-order valence-corrected chi connectivity index (χ1v) is 8.86. The van der Waals surface area contributed by atoms with Crippen molar-refractivity contribution in [1.29, 1.82) is 0 Å². The highest BCUT2D eigenvalue weighted by Gasteiger charge is 2.41. The Balaban J connectivity index is 1.86. The number of hydrogen-bond donors (Lipinski definition) is 1. The molecule has 1 saturated heterocycles. The quantitative estimate of drug-likeness (QED) is 0.886. The van der Waals surface area contributed by atoms with Gasteiger partial charge in [-0.3, -0.25) is 0 Å². The lowest BCUT2D eigenvalue weighted by Crippen LogP contribution is -2.62. The minimum atomic E-state index is -3.41. The van der Waals surface area contributed by atoms with Gasteiger partial charge in [0.2, 0.25) is 0 Å². The lowest BCUT2D eigenvalue weighted by Gasteiger charge is -2.44. The van der Waals surface area contributed by atoms with Crippen LogP contribution in [-0.2, 0) is 23.2 Å². The van der Waals surface area contributed by atoms with Crippen molar-refractivity contribution >= 4 is 10.2 Å². The molecule has 1 N–H and O–H groups in total. The molecule has 1 aromatic rings. The third-order valence-corrected chi connectivity index (χ3v) is 6.62. The summed E-state index contributed by atoms with van der Waals surface area (Å²) in [6.45, 7) is 6.96. The van der Waals surface area contributed by atoms with E-state index in [-0.39, 0.29) is 5.54 Å². The minimum Gasteiger partial charge on any atom is -0.314 e. The fourth-order valence-corrected chi connectivity index (χ4v) is 5.11.